The number of nitrogens with zero attached hydrogens (tertiary/aromatic N) is 3. The van der Waals surface area contributed by atoms with Crippen LogP contribution in [0.3, 0.4) is 0 Å². The molecule has 0 atom stereocenters. The van der Waals surface area contributed by atoms with E-state index in [1.54, 1.807) is 5.38 Å². The van der Waals surface area contributed by atoms with E-state index in [1.165, 1.54) is 55.8 Å². The topological polar surface area (TPSA) is 75.2 Å². The van der Waals surface area contributed by atoms with Gasteiger partial charge in [0.05, 0.1) is 15.1 Å². The third-order valence-electron chi connectivity index (χ3n) is 3.45. The van der Waals surface area contributed by atoms with Crippen LogP contribution in [-0.4, -0.2) is 36.8 Å². The second-order valence-electron chi connectivity index (χ2n) is 5.47. The predicted octanol–water partition coefficient (Wildman–Crippen LogP) is 3.70. The summed E-state index contributed by atoms with van der Waals surface area (Å²) >= 11 is 1.21. The monoisotopic (exact) mass is 402 g/mol. The average molecular weight is 402 g/mol. The van der Waals surface area contributed by atoms with Crippen LogP contribution in [0.25, 0.3) is 10.2 Å². The fraction of sp³-hybridized carbons (Fsp3) is 0.200. The number of sulfonamides is 1. The lowest BCUT2D eigenvalue weighted by atomic mass is 10.3. The van der Waals surface area contributed by atoms with E-state index in [9.17, 15) is 21.6 Å². The van der Waals surface area contributed by atoms with Crippen molar-refractivity contribution in [2.45, 2.75) is 11.1 Å². The smallest absolute Gasteiger partial charge is 0.339 e. The Morgan fingerprint density at radius 3 is 2.31 bits per heavy atom. The summed E-state index contributed by atoms with van der Waals surface area (Å²) in [5.74, 6) is -1.22. The highest BCUT2D eigenvalue weighted by molar-refractivity contribution is 7.89. The van der Waals surface area contributed by atoms with Crippen LogP contribution < -0.4 is 5.32 Å². The molecule has 0 spiro atoms. The summed E-state index contributed by atoms with van der Waals surface area (Å²) in [4.78, 5) is 7.18. The van der Waals surface area contributed by atoms with Crippen molar-refractivity contribution in [1.29, 1.82) is 0 Å². The molecule has 2 aromatic heterocycles. The van der Waals surface area contributed by atoms with Crippen LogP contribution in [0, 0.1) is 0 Å². The number of nitrogens with one attached hydrogen (secondary N) is 1. The minimum absolute atomic E-state index is 0.0144. The van der Waals surface area contributed by atoms with E-state index in [2.05, 4.69) is 15.3 Å². The maximum Gasteiger partial charge on any atom is 0.451 e. The minimum atomic E-state index is -4.67. The van der Waals surface area contributed by atoms with E-state index in [4.69, 9.17) is 0 Å². The van der Waals surface area contributed by atoms with E-state index in [1.807, 2.05) is 0 Å². The van der Waals surface area contributed by atoms with Crippen molar-refractivity contribution in [3.05, 3.63) is 41.5 Å². The molecular formula is C15H13F3N4O2S2. The first kappa shape index (κ1) is 18.5. The summed E-state index contributed by atoms with van der Waals surface area (Å²) in [6, 6.07) is 7.15. The van der Waals surface area contributed by atoms with E-state index in [0.717, 1.165) is 4.31 Å². The van der Waals surface area contributed by atoms with Crippen LogP contribution in [0.2, 0.25) is 0 Å². The van der Waals surface area contributed by atoms with E-state index in [0.29, 0.717) is 10.4 Å². The molecule has 0 aliphatic rings. The van der Waals surface area contributed by atoms with Crippen LogP contribution >= 0.6 is 11.3 Å². The first-order valence-electron chi connectivity index (χ1n) is 7.21. The van der Waals surface area contributed by atoms with Crippen molar-refractivity contribution < 1.29 is 21.6 Å². The van der Waals surface area contributed by atoms with Crippen LogP contribution in [0.4, 0.5) is 24.7 Å². The molecule has 1 aromatic carbocycles. The van der Waals surface area contributed by atoms with Crippen molar-refractivity contribution >= 4 is 43.1 Å². The van der Waals surface area contributed by atoms with Crippen molar-refractivity contribution in [3.63, 3.8) is 0 Å². The number of hydrogen-bond acceptors (Lipinski definition) is 6. The molecule has 11 heteroatoms. The predicted molar refractivity (Wildman–Crippen MR) is 93.0 cm³/mol. The lowest BCUT2D eigenvalue weighted by Crippen LogP contribution is -2.22. The molecule has 6 nitrogen and oxygen atoms in total. The Kier molecular flexibility index (Phi) is 4.63. The zero-order valence-corrected chi connectivity index (χ0v) is 15.2. The molecule has 138 valence electrons. The Labute approximate surface area is 151 Å². The number of rotatable bonds is 4. The van der Waals surface area contributed by atoms with Gasteiger partial charge in [-0.1, -0.05) is 0 Å². The molecule has 0 radical (unpaired) electrons. The molecule has 26 heavy (non-hydrogen) atoms. The number of alkyl halides is 3. The van der Waals surface area contributed by atoms with Crippen LogP contribution in [0.1, 0.15) is 5.82 Å². The van der Waals surface area contributed by atoms with Gasteiger partial charge in [-0.25, -0.2) is 22.7 Å². The number of thiophene rings is 1. The second-order valence-corrected chi connectivity index (χ2v) is 8.53. The number of aromatic nitrogens is 2. The van der Waals surface area contributed by atoms with Gasteiger partial charge in [-0.15, -0.1) is 11.3 Å². The van der Waals surface area contributed by atoms with Crippen molar-refractivity contribution in [2.24, 2.45) is 0 Å². The second kappa shape index (κ2) is 6.49. The lowest BCUT2D eigenvalue weighted by molar-refractivity contribution is -0.144. The molecule has 0 aliphatic heterocycles. The zero-order valence-electron chi connectivity index (χ0n) is 13.6. The van der Waals surface area contributed by atoms with Crippen LogP contribution in [-0.2, 0) is 16.2 Å². The molecule has 2 heterocycles. The summed E-state index contributed by atoms with van der Waals surface area (Å²) in [5, 5.41) is 4.43. The summed E-state index contributed by atoms with van der Waals surface area (Å²) in [6.07, 6.45) is -4.67. The van der Waals surface area contributed by atoms with E-state index >= 15 is 0 Å². The molecule has 1 N–H and O–H groups in total. The summed E-state index contributed by atoms with van der Waals surface area (Å²) in [7, 11) is -0.763. The number of anilines is 2. The number of fused-ring (bicyclic) bond motifs is 1. The number of halogens is 3. The molecule has 0 aliphatic carbocycles. The van der Waals surface area contributed by atoms with Gasteiger partial charge in [0.25, 0.3) is 0 Å². The van der Waals surface area contributed by atoms with E-state index < -0.39 is 22.0 Å². The van der Waals surface area contributed by atoms with Gasteiger partial charge in [0.2, 0.25) is 15.8 Å². The van der Waals surface area contributed by atoms with Crippen molar-refractivity contribution in [2.75, 3.05) is 19.4 Å². The Bertz CT molecular complexity index is 1040. The van der Waals surface area contributed by atoms with Gasteiger partial charge in [0, 0.05) is 19.8 Å². The molecular weight excluding hydrogens is 389 g/mol. The molecule has 3 rings (SSSR count). The van der Waals surface area contributed by atoms with Crippen molar-refractivity contribution in [3.8, 4) is 0 Å². The Hall–Kier alpha value is -2.24. The first-order valence-corrected chi connectivity index (χ1v) is 9.53. The van der Waals surface area contributed by atoms with Gasteiger partial charge in [-0.2, -0.15) is 13.2 Å². The van der Waals surface area contributed by atoms with Gasteiger partial charge in [0.15, 0.2) is 5.82 Å². The molecule has 0 unspecified atom stereocenters. The lowest BCUT2D eigenvalue weighted by Gasteiger charge is -2.13. The largest absolute Gasteiger partial charge is 0.451 e. The molecule has 0 fully saturated rings. The Balaban J connectivity index is 1.98. The standard InChI is InChI=1S/C15H13F3N4O2S2/c1-22(2)26(23,24)10-5-3-9(4-6-10)19-13-12-11(7-8-25-12)20-14(21-13)15(16,17)18/h3-8H,1-2H3,(H,19,20,21). The zero-order chi connectivity index (χ0) is 19.1. The summed E-state index contributed by atoms with van der Waals surface area (Å²) in [6.45, 7) is 0. The maximum atomic E-state index is 13.0. The molecule has 3 aromatic rings. The number of benzene rings is 1. The fourth-order valence-electron chi connectivity index (χ4n) is 2.13. The maximum absolute atomic E-state index is 13.0. The normalized spacial score (nSPS) is 12.7. The molecule has 0 saturated carbocycles. The quantitative estimate of drug-likeness (QED) is 0.720. The van der Waals surface area contributed by atoms with Gasteiger partial charge < -0.3 is 5.32 Å². The highest BCUT2D eigenvalue weighted by Gasteiger charge is 2.35. The highest BCUT2D eigenvalue weighted by atomic mass is 32.2. The Morgan fingerprint density at radius 1 is 1.08 bits per heavy atom. The molecule has 0 bridgehead atoms. The van der Waals surface area contributed by atoms with E-state index in [-0.39, 0.29) is 16.2 Å². The van der Waals surface area contributed by atoms with Gasteiger partial charge in [0.1, 0.15) is 0 Å². The average Bonchev–Trinajstić information content (AvgIpc) is 3.03. The fourth-order valence-corrected chi connectivity index (χ4v) is 3.81. The summed E-state index contributed by atoms with van der Waals surface area (Å²) < 4.78 is 64.6. The van der Waals surface area contributed by atoms with Gasteiger partial charge in [-0.3, -0.25) is 0 Å². The van der Waals surface area contributed by atoms with Crippen LogP contribution in [0.15, 0.2) is 40.6 Å². The third-order valence-corrected chi connectivity index (χ3v) is 6.19. The van der Waals surface area contributed by atoms with Gasteiger partial charge >= 0.3 is 6.18 Å². The number of hydrogen-bond donors (Lipinski definition) is 1. The first-order chi connectivity index (χ1) is 12.1. The summed E-state index contributed by atoms with van der Waals surface area (Å²) in [5.41, 5.74) is 0.593. The third kappa shape index (κ3) is 3.50. The molecule has 0 amide bonds. The van der Waals surface area contributed by atoms with Crippen LogP contribution in [0.5, 0.6) is 0 Å². The molecule has 0 saturated heterocycles. The minimum Gasteiger partial charge on any atom is -0.339 e. The van der Waals surface area contributed by atoms with Crippen molar-refractivity contribution in [1.82, 2.24) is 14.3 Å². The SMILES string of the molecule is CN(C)S(=O)(=O)c1ccc(Nc2nc(C(F)(F)F)nc3ccsc23)cc1. The Morgan fingerprint density at radius 2 is 1.73 bits per heavy atom. The highest BCUT2D eigenvalue weighted by Crippen LogP contribution is 2.33. The van der Waals surface area contributed by atoms with Gasteiger partial charge in [-0.05, 0) is 35.7 Å².